The van der Waals surface area contributed by atoms with Crippen molar-refractivity contribution in [3.63, 3.8) is 0 Å². The van der Waals surface area contributed by atoms with Gasteiger partial charge >= 0.3 is 0 Å². The summed E-state index contributed by atoms with van der Waals surface area (Å²) in [4.78, 5) is 4.54. The Labute approximate surface area is 109 Å². The lowest BCUT2D eigenvalue weighted by Crippen LogP contribution is -2.28. The van der Waals surface area contributed by atoms with E-state index in [1.807, 2.05) is 6.07 Å². The molecule has 1 unspecified atom stereocenters. The SMILES string of the molecule is Oc1ccc2c(c1Br)CCCC2C1=NCCN1. The van der Waals surface area contributed by atoms with E-state index < -0.39 is 0 Å². The normalized spacial score (nSPS) is 22.9. The first-order valence-electron chi connectivity index (χ1n) is 6.06. The van der Waals surface area contributed by atoms with Gasteiger partial charge in [-0.05, 0) is 52.4 Å². The van der Waals surface area contributed by atoms with E-state index in [0.717, 1.165) is 42.7 Å². The predicted molar refractivity (Wildman–Crippen MR) is 71.8 cm³/mol. The molecule has 0 spiro atoms. The van der Waals surface area contributed by atoms with Crippen molar-refractivity contribution < 1.29 is 5.11 Å². The summed E-state index contributed by atoms with van der Waals surface area (Å²) in [6.45, 7) is 1.85. The molecule has 1 aliphatic heterocycles. The third-order valence-electron chi connectivity index (χ3n) is 3.58. The number of benzene rings is 1. The van der Waals surface area contributed by atoms with Gasteiger partial charge in [-0.3, -0.25) is 4.99 Å². The molecule has 3 rings (SSSR count). The number of nitrogens with zero attached hydrogens (tertiary/aromatic N) is 1. The molecule has 1 heterocycles. The van der Waals surface area contributed by atoms with Crippen molar-refractivity contribution in [1.82, 2.24) is 5.32 Å². The zero-order chi connectivity index (χ0) is 11.8. The number of hydrogen-bond donors (Lipinski definition) is 2. The fraction of sp³-hybridized carbons (Fsp3) is 0.462. The largest absolute Gasteiger partial charge is 0.507 e. The maximum absolute atomic E-state index is 9.73. The van der Waals surface area contributed by atoms with Crippen LogP contribution in [0, 0.1) is 0 Å². The molecular weight excluding hydrogens is 280 g/mol. The van der Waals surface area contributed by atoms with Crippen molar-refractivity contribution in [2.45, 2.75) is 25.2 Å². The second kappa shape index (κ2) is 4.33. The van der Waals surface area contributed by atoms with Crippen molar-refractivity contribution in [1.29, 1.82) is 0 Å². The molecule has 3 nitrogen and oxygen atoms in total. The summed E-state index contributed by atoms with van der Waals surface area (Å²) in [6, 6.07) is 3.82. The van der Waals surface area contributed by atoms with Gasteiger partial charge in [-0.15, -0.1) is 0 Å². The molecule has 1 aliphatic carbocycles. The summed E-state index contributed by atoms with van der Waals surface area (Å²) in [6.07, 6.45) is 3.34. The van der Waals surface area contributed by atoms with E-state index in [2.05, 4.69) is 26.2 Å². The minimum atomic E-state index is 0.339. The van der Waals surface area contributed by atoms with Gasteiger partial charge in [0.05, 0.1) is 11.0 Å². The first-order valence-corrected chi connectivity index (χ1v) is 6.85. The number of amidine groups is 1. The summed E-state index contributed by atoms with van der Waals surface area (Å²) in [7, 11) is 0. The first kappa shape index (κ1) is 11.1. The molecule has 1 aromatic carbocycles. The van der Waals surface area contributed by atoms with Crippen LogP contribution in [0.2, 0.25) is 0 Å². The maximum Gasteiger partial charge on any atom is 0.130 e. The summed E-state index contributed by atoms with van der Waals surface area (Å²) in [5, 5.41) is 13.1. The molecule has 1 atom stereocenters. The molecule has 0 aromatic heterocycles. The van der Waals surface area contributed by atoms with Gasteiger partial charge in [0.25, 0.3) is 0 Å². The van der Waals surface area contributed by atoms with Crippen LogP contribution in [0.25, 0.3) is 0 Å². The summed E-state index contributed by atoms with van der Waals surface area (Å²) < 4.78 is 0.860. The maximum atomic E-state index is 9.73. The molecule has 2 aliphatic rings. The lowest BCUT2D eigenvalue weighted by molar-refractivity contribution is 0.469. The molecule has 4 heteroatoms. The number of aliphatic imine (C=N–C) groups is 1. The Morgan fingerprint density at radius 2 is 2.29 bits per heavy atom. The highest BCUT2D eigenvalue weighted by atomic mass is 79.9. The van der Waals surface area contributed by atoms with Gasteiger partial charge < -0.3 is 10.4 Å². The molecule has 0 saturated carbocycles. The van der Waals surface area contributed by atoms with E-state index in [4.69, 9.17) is 0 Å². The lowest BCUT2D eigenvalue weighted by atomic mass is 9.82. The van der Waals surface area contributed by atoms with Crippen molar-refractivity contribution >= 4 is 21.8 Å². The second-order valence-electron chi connectivity index (χ2n) is 4.61. The van der Waals surface area contributed by atoms with E-state index in [-0.39, 0.29) is 0 Å². The van der Waals surface area contributed by atoms with Crippen LogP contribution in [0.3, 0.4) is 0 Å². The van der Waals surface area contributed by atoms with Gasteiger partial charge in [0.1, 0.15) is 11.6 Å². The average Bonchev–Trinajstić information content (AvgIpc) is 2.87. The highest BCUT2D eigenvalue weighted by Gasteiger charge is 2.27. The minimum Gasteiger partial charge on any atom is -0.507 e. The van der Waals surface area contributed by atoms with E-state index >= 15 is 0 Å². The molecule has 0 saturated heterocycles. The van der Waals surface area contributed by atoms with Gasteiger partial charge in [-0.1, -0.05) is 6.07 Å². The Morgan fingerprint density at radius 1 is 1.41 bits per heavy atom. The van der Waals surface area contributed by atoms with Crippen LogP contribution in [0.5, 0.6) is 5.75 Å². The van der Waals surface area contributed by atoms with Gasteiger partial charge in [-0.2, -0.15) is 0 Å². The highest BCUT2D eigenvalue weighted by Crippen LogP contribution is 2.40. The van der Waals surface area contributed by atoms with Crippen LogP contribution in [0.4, 0.5) is 0 Å². The van der Waals surface area contributed by atoms with Crippen molar-refractivity contribution in [3.8, 4) is 5.75 Å². The number of phenols is 1. The minimum absolute atomic E-state index is 0.339. The zero-order valence-electron chi connectivity index (χ0n) is 9.54. The molecule has 17 heavy (non-hydrogen) atoms. The Hall–Kier alpha value is -1.03. The number of halogens is 1. The number of phenolic OH excluding ortho intramolecular Hbond substituents is 1. The lowest BCUT2D eigenvalue weighted by Gasteiger charge is -2.26. The Kier molecular flexibility index (Phi) is 2.82. The van der Waals surface area contributed by atoms with E-state index in [1.165, 1.54) is 11.1 Å². The van der Waals surface area contributed by atoms with E-state index in [1.54, 1.807) is 6.07 Å². The van der Waals surface area contributed by atoms with Crippen LogP contribution < -0.4 is 5.32 Å². The smallest absolute Gasteiger partial charge is 0.130 e. The fourth-order valence-electron chi connectivity index (χ4n) is 2.78. The molecule has 90 valence electrons. The summed E-state index contributed by atoms with van der Waals surface area (Å²) >= 11 is 3.49. The molecule has 0 fully saturated rings. The molecule has 1 aromatic rings. The van der Waals surface area contributed by atoms with Crippen molar-refractivity contribution in [2.75, 3.05) is 13.1 Å². The quantitative estimate of drug-likeness (QED) is 0.836. The van der Waals surface area contributed by atoms with Gasteiger partial charge in [0.15, 0.2) is 0 Å². The third-order valence-corrected chi connectivity index (χ3v) is 4.47. The Bertz CT molecular complexity index is 485. The third kappa shape index (κ3) is 1.84. The van der Waals surface area contributed by atoms with Crippen molar-refractivity contribution in [3.05, 3.63) is 27.7 Å². The van der Waals surface area contributed by atoms with Gasteiger partial charge in [-0.25, -0.2) is 0 Å². The van der Waals surface area contributed by atoms with Gasteiger partial charge in [0, 0.05) is 12.5 Å². The van der Waals surface area contributed by atoms with Crippen LogP contribution in [0.1, 0.15) is 29.9 Å². The van der Waals surface area contributed by atoms with Crippen LogP contribution >= 0.6 is 15.9 Å². The Balaban J connectivity index is 2.05. The van der Waals surface area contributed by atoms with Gasteiger partial charge in [0.2, 0.25) is 0 Å². The van der Waals surface area contributed by atoms with Crippen LogP contribution in [-0.2, 0) is 6.42 Å². The van der Waals surface area contributed by atoms with E-state index in [0.29, 0.717) is 11.7 Å². The number of aromatic hydroxyl groups is 1. The zero-order valence-corrected chi connectivity index (χ0v) is 11.1. The standard InChI is InChI=1S/C13H15BrN2O/c14-12-9-2-1-3-10(13-15-6-7-16-13)8(9)4-5-11(12)17/h4-5,10,17H,1-3,6-7H2,(H,15,16). The molecule has 0 bridgehead atoms. The second-order valence-corrected chi connectivity index (χ2v) is 5.40. The average molecular weight is 295 g/mol. The van der Waals surface area contributed by atoms with Crippen LogP contribution in [-0.4, -0.2) is 24.0 Å². The number of hydrogen-bond acceptors (Lipinski definition) is 3. The van der Waals surface area contributed by atoms with Crippen molar-refractivity contribution in [2.24, 2.45) is 4.99 Å². The number of rotatable bonds is 1. The molecule has 0 radical (unpaired) electrons. The topological polar surface area (TPSA) is 44.6 Å². The first-order chi connectivity index (χ1) is 8.27. The number of nitrogens with one attached hydrogen (secondary N) is 1. The summed E-state index contributed by atoms with van der Waals surface area (Å²) in [5.74, 6) is 1.85. The molecule has 0 amide bonds. The summed E-state index contributed by atoms with van der Waals surface area (Å²) in [5.41, 5.74) is 2.56. The Morgan fingerprint density at radius 3 is 3.06 bits per heavy atom. The predicted octanol–water partition coefficient (Wildman–Crippen LogP) is 2.58. The fourth-order valence-corrected chi connectivity index (χ4v) is 3.34. The van der Waals surface area contributed by atoms with Crippen LogP contribution in [0.15, 0.2) is 21.6 Å². The number of fused-ring (bicyclic) bond motifs is 1. The molecule has 2 N–H and O–H groups in total. The highest BCUT2D eigenvalue weighted by molar-refractivity contribution is 9.10. The monoisotopic (exact) mass is 294 g/mol. The van der Waals surface area contributed by atoms with E-state index in [9.17, 15) is 5.11 Å². The molecular formula is C13H15BrN2O.